The summed E-state index contributed by atoms with van der Waals surface area (Å²) in [6, 6.07) is 6.78. The number of furan rings is 1. The highest BCUT2D eigenvalue weighted by atomic mass is 19.1. The van der Waals surface area contributed by atoms with Crippen LogP contribution in [0.4, 0.5) is 8.78 Å². The van der Waals surface area contributed by atoms with Gasteiger partial charge in [0.15, 0.2) is 0 Å². The van der Waals surface area contributed by atoms with Crippen LogP contribution in [0.3, 0.4) is 0 Å². The Balaban J connectivity index is 1.78. The van der Waals surface area contributed by atoms with Gasteiger partial charge in [0.25, 0.3) is 0 Å². The van der Waals surface area contributed by atoms with E-state index in [2.05, 4.69) is 0 Å². The lowest BCUT2D eigenvalue weighted by molar-refractivity contribution is -0.145. The van der Waals surface area contributed by atoms with Gasteiger partial charge in [0.2, 0.25) is 0 Å². The third kappa shape index (κ3) is 3.19. The first-order chi connectivity index (χ1) is 11.5. The number of likely N-dealkylation sites (tertiary alicyclic amines) is 1. The first-order valence-corrected chi connectivity index (χ1v) is 7.97. The van der Waals surface area contributed by atoms with E-state index < -0.39 is 23.5 Å². The quantitative estimate of drug-likeness (QED) is 0.920. The molecule has 0 radical (unpaired) electrons. The van der Waals surface area contributed by atoms with E-state index in [0.717, 1.165) is 13.0 Å². The summed E-state index contributed by atoms with van der Waals surface area (Å²) in [6.45, 7) is 3.08. The average Bonchev–Trinajstić information content (AvgIpc) is 2.97. The first-order valence-electron chi connectivity index (χ1n) is 7.97. The molecule has 2 heterocycles. The molecule has 3 rings (SSSR count). The van der Waals surface area contributed by atoms with Crippen molar-refractivity contribution in [3.05, 3.63) is 47.7 Å². The Morgan fingerprint density at radius 1 is 1.29 bits per heavy atom. The molecule has 0 bridgehead atoms. The zero-order chi connectivity index (χ0) is 17.3. The van der Waals surface area contributed by atoms with Gasteiger partial charge in [-0.3, -0.25) is 9.69 Å². The van der Waals surface area contributed by atoms with Gasteiger partial charge in [-0.1, -0.05) is 6.07 Å². The van der Waals surface area contributed by atoms with Crippen molar-refractivity contribution in [1.82, 2.24) is 4.90 Å². The molecular formula is C18H19F2NO3. The van der Waals surface area contributed by atoms with Crippen LogP contribution in [0, 0.1) is 17.6 Å². The Morgan fingerprint density at radius 2 is 2.00 bits per heavy atom. The van der Waals surface area contributed by atoms with E-state index in [1.165, 1.54) is 18.2 Å². The highest BCUT2D eigenvalue weighted by Gasteiger charge is 2.33. The highest BCUT2D eigenvalue weighted by Crippen LogP contribution is 2.30. The lowest BCUT2D eigenvalue weighted by Crippen LogP contribution is -2.45. The van der Waals surface area contributed by atoms with E-state index in [0.29, 0.717) is 18.7 Å². The molecule has 1 aliphatic heterocycles. The number of rotatable bonds is 4. The van der Waals surface area contributed by atoms with Crippen molar-refractivity contribution in [3.63, 3.8) is 0 Å². The monoisotopic (exact) mass is 335 g/mol. The van der Waals surface area contributed by atoms with Gasteiger partial charge in [-0.15, -0.1) is 0 Å². The topological polar surface area (TPSA) is 53.7 Å². The molecule has 1 N–H and O–H groups in total. The largest absolute Gasteiger partial charge is 0.481 e. The molecule has 0 saturated carbocycles. The maximum absolute atomic E-state index is 13.8. The Morgan fingerprint density at radius 3 is 2.67 bits per heavy atom. The van der Waals surface area contributed by atoms with Gasteiger partial charge in [-0.2, -0.15) is 0 Å². The Bertz CT molecular complexity index is 723. The second kappa shape index (κ2) is 6.73. The molecule has 4 nitrogen and oxygen atoms in total. The van der Waals surface area contributed by atoms with Crippen LogP contribution in [0.2, 0.25) is 0 Å². The fraction of sp³-hybridized carbons (Fsp3) is 0.389. The van der Waals surface area contributed by atoms with Crippen LogP contribution in [0.15, 0.2) is 34.7 Å². The van der Waals surface area contributed by atoms with E-state index >= 15 is 0 Å². The number of nitrogens with zero attached hydrogens (tertiary/aromatic N) is 1. The van der Waals surface area contributed by atoms with E-state index in [1.54, 1.807) is 12.1 Å². The number of hydrogen-bond donors (Lipinski definition) is 1. The second-order valence-electron chi connectivity index (χ2n) is 6.16. The van der Waals surface area contributed by atoms with Crippen LogP contribution >= 0.6 is 0 Å². The summed E-state index contributed by atoms with van der Waals surface area (Å²) >= 11 is 0. The van der Waals surface area contributed by atoms with Crippen LogP contribution in [-0.2, 0) is 11.3 Å². The molecule has 1 saturated heterocycles. The van der Waals surface area contributed by atoms with Crippen molar-refractivity contribution in [1.29, 1.82) is 0 Å². The predicted molar refractivity (Wildman–Crippen MR) is 84.3 cm³/mol. The molecule has 0 amide bonds. The molecule has 0 unspecified atom stereocenters. The van der Waals surface area contributed by atoms with E-state index in [1.807, 2.05) is 11.8 Å². The lowest BCUT2D eigenvalue weighted by Gasteiger charge is -2.36. The van der Waals surface area contributed by atoms with Gasteiger partial charge in [-0.05, 0) is 50.6 Å². The van der Waals surface area contributed by atoms with Crippen LogP contribution < -0.4 is 0 Å². The smallest absolute Gasteiger partial charge is 0.308 e. The third-order valence-electron chi connectivity index (χ3n) is 4.67. The standard InChI is InChI=1S/C18H19F2NO3/c1-11-13(18(22)23)4-3-9-21(11)10-12-7-8-16(24-12)17-14(19)5-2-6-15(17)20/h2,5-8,11,13H,3-4,9-10H2,1H3,(H,22,23)/t11-,13-/m1/s1. The lowest BCUT2D eigenvalue weighted by atomic mass is 9.90. The first kappa shape index (κ1) is 16.6. The zero-order valence-electron chi connectivity index (χ0n) is 13.3. The SMILES string of the molecule is C[C@@H]1[C@H](C(=O)O)CCCN1Cc1ccc(-c2c(F)cccc2F)o1. The molecule has 2 atom stereocenters. The van der Waals surface area contributed by atoms with Gasteiger partial charge in [0.05, 0.1) is 18.0 Å². The van der Waals surface area contributed by atoms with E-state index in [-0.39, 0.29) is 17.4 Å². The number of carboxylic acid groups (broad SMARTS) is 1. The van der Waals surface area contributed by atoms with Gasteiger partial charge >= 0.3 is 5.97 Å². The van der Waals surface area contributed by atoms with Gasteiger partial charge in [-0.25, -0.2) is 8.78 Å². The number of halogens is 2. The Hall–Kier alpha value is -2.21. The maximum Gasteiger partial charge on any atom is 0.308 e. The fourth-order valence-electron chi connectivity index (χ4n) is 3.30. The van der Waals surface area contributed by atoms with E-state index in [9.17, 15) is 18.7 Å². The summed E-state index contributed by atoms with van der Waals surface area (Å²) in [5.74, 6) is -1.84. The van der Waals surface area contributed by atoms with Crippen molar-refractivity contribution in [3.8, 4) is 11.3 Å². The minimum Gasteiger partial charge on any atom is -0.481 e. The minimum absolute atomic E-state index is 0.116. The fourth-order valence-corrected chi connectivity index (χ4v) is 3.30. The molecule has 0 aliphatic carbocycles. The molecule has 1 aliphatic rings. The van der Waals surface area contributed by atoms with Crippen molar-refractivity contribution >= 4 is 5.97 Å². The number of carboxylic acids is 1. The summed E-state index contributed by atoms with van der Waals surface area (Å²) in [6.07, 6.45) is 1.47. The average molecular weight is 335 g/mol. The maximum atomic E-state index is 13.8. The van der Waals surface area contributed by atoms with Crippen LogP contribution in [-0.4, -0.2) is 28.6 Å². The molecule has 0 spiro atoms. The van der Waals surface area contributed by atoms with Crippen LogP contribution in [0.25, 0.3) is 11.3 Å². The summed E-state index contributed by atoms with van der Waals surface area (Å²) in [5, 5.41) is 9.27. The zero-order valence-corrected chi connectivity index (χ0v) is 13.3. The second-order valence-corrected chi connectivity index (χ2v) is 6.16. The van der Waals surface area contributed by atoms with Gasteiger partial charge in [0.1, 0.15) is 23.2 Å². The molecule has 1 fully saturated rings. The molecule has 1 aromatic carbocycles. The van der Waals surface area contributed by atoms with Crippen LogP contribution in [0.5, 0.6) is 0 Å². The van der Waals surface area contributed by atoms with Crippen molar-refractivity contribution < 1.29 is 23.1 Å². The molecular weight excluding hydrogens is 316 g/mol. The molecule has 2 aromatic rings. The van der Waals surface area contributed by atoms with Crippen molar-refractivity contribution in [2.75, 3.05) is 6.54 Å². The van der Waals surface area contributed by atoms with Crippen molar-refractivity contribution in [2.24, 2.45) is 5.92 Å². The molecule has 24 heavy (non-hydrogen) atoms. The number of benzene rings is 1. The van der Waals surface area contributed by atoms with Gasteiger partial charge < -0.3 is 9.52 Å². The normalized spacial score (nSPS) is 21.8. The number of piperidine rings is 1. The van der Waals surface area contributed by atoms with Gasteiger partial charge in [0, 0.05) is 6.04 Å². The number of aliphatic carboxylic acids is 1. The predicted octanol–water partition coefficient (Wildman–Crippen LogP) is 3.91. The number of hydrogen-bond acceptors (Lipinski definition) is 3. The molecule has 1 aromatic heterocycles. The van der Waals surface area contributed by atoms with Crippen LogP contribution in [0.1, 0.15) is 25.5 Å². The number of carbonyl (C=O) groups is 1. The minimum atomic E-state index is -0.791. The Labute approximate surface area is 138 Å². The van der Waals surface area contributed by atoms with E-state index in [4.69, 9.17) is 4.42 Å². The third-order valence-corrected chi connectivity index (χ3v) is 4.67. The van der Waals surface area contributed by atoms with Crippen molar-refractivity contribution in [2.45, 2.75) is 32.4 Å². The highest BCUT2D eigenvalue weighted by molar-refractivity contribution is 5.71. The molecule has 6 heteroatoms. The summed E-state index contributed by atoms with van der Waals surface area (Å²) in [5.41, 5.74) is -0.182. The molecule has 128 valence electrons. The summed E-state index contributed by atoms with van der Waals surface area (Å²) in [7, 11) is 0. The summed E-state index contributed by atoms with van der Waals surface area (Å²) < 4.78 is 33.3. The summed E-state index contributed by atoms with van der Waals surface area (Å²) in [4.78, 5) is 13.3. The Kier molecular flexibility index (Phi) is 4.66.